The summed E-state index contributed by atoms with van der Waals surface area (Å²) in [5.41, 5.74) is 7.48. The van der Waals surface area contributed by atoms with Gasteiger partial charge in [-0.1, -0.05) is 18.6 Å². The van der Waals surface area contributed by atoms with Crippen molar-refractivity contribution < 1.29 is 4.79 Å². The van der Waals surface area contributed by atoms with Crippen molar-refractivity contribution in [1.82, 2.24) is 9.80 Å². The number of nitrogens with zero attached hydrogens (tertiary/aromatic N) is 2. The molecule has 2 N–H and O–H groups in total. The zero-order valence-electron chi connectivity index (χ0n) is 13.4. The number of amides is 1. The number of nitrogen functional groups attached to an aromatic ring is 1. The smallest absolute Gasteiger partial charge is 0.227 e. The van der Waals surface area contributed by atoms with E-state index in [2.05, 4.69) is 4.90 Å². The van der Waals surface area contributed by atoms with Gasteiger partial charge in [-0.05, 0) is 50.0 Å². The van der Waals surface area contributed by atoms with Gasteiger partial charge in [-0.25, -0.2) is 0 Å². The number of nitrogens with two attached hydrogens (primary N) is 1. The van der Waals surface area contributed by atoms with Gasteiger partial charge < -0.3 is 10.6 Å². The molecule has 0 saturated carbocycles. The zero-order chi connectivity index (χ0) is 14.7. The summed E-state index contributed by atoms with van der Waals surface area (Å²) < 4.78 is 0. The van der Waals surface area contributed by atoms with Gasteiger partial charge in [0.1, 0.15) is 0 Å². The minimum Gasteiger partial charge on any atom is -0.399 e. The Morgan fingerprint density at radius 1 is 1.04 bits per heavy atom. The highest BCUT2D eigenvalue weighted by Gasteiger charge is 2.30. The summed E-state index contributed by atoms with van der Waals surface area (Å²) in [4.78, 5) is 17.0. The normalized spacial score (nSPS) is 21.4. The second-order valence-corrected chi connectivity index (χ2v) is 6.30. The average Bonchev–Trinajstić information content (AvgIpc) is 3.00. The van der Waals surface area contributed by atoms with Crippen molar-refractivity contribution in [3.8, 4) is 0 Å². The average molecular weight is 360 g/mol. The number of carbonyl (C=O) groups is 1. The Morgan fingerprint density at radius 3 is 2.35 bits per heavy atom. The molecular formula is C17H27Cl2N3O. The van der Waals surface area contributed by atoms with Crippen LogP contribution in [0.3, 0.4) is 0 Å². The van der Waals surface area contributed by atoms with Gasteiger partial charge in [-0.3, -0.25) is 9.69 Å². The van der Waals surface area contributed by atoms with Crippen LogP contribution >= 0.6 is 24.8 Å². The summed E-state index contributed by atoms with van der Waals surface area (Å²) in [6.07, 6.45) is 5.62. The SMILES string of the molecule is Cl.Cl.Nc1ccc(CC(=O)N2CCC(N3CCCCC3)C2)cc1. The molecule has 0 radical (unpaired) electrons. The highest BCUT2D eigenvalue weighted by atomic mass is 35.5. The van der Waals surface area contributed by atoms with Crippen LogP contribution in [0.15, 0.2) is 24.3 Å². The Morgan fingerprint density at radius 2 is 1.70 bits per heavy atom. The van der Waals surface area contributed by atoms with Crippen LogP contribution in [0.1, 0.15) is 31.2 Å². The first-order valence-corrected chi connectivity index (χ1v) is 8.08. The number of likely N-dealkylation sites (tertiary alicyclic amines) is 2. The molecule has 23 heavy (non-hydrogen) atoms. The maximum Gasteiger partial charge on any atom is 0.227 e. The van der Waals surface area contributed by atoms with Crippen LogP contribution in [0.2, 0.25) is 0 Å². The number of anilines is 1. The molecule has 0 bridgehead atoms. The summed E-state index contributed by atoms with van der Waals surface area (Å²) in [6, 6.07) is 8.21. The maximum absolute atomic E-state index is 12.4. The van der Waals surface area contributed by atoms with Crippen molar-refractivity contribution in [1.29, 1.82) is 0 Å². The van der Waals surface area contributed by atoms with Crippen LogP contribution < -0.4 is 5.73 Å². The number of hydrogen-bond donors (Lipinski definition) is 1. The molecule has 1 aromatic rings. The summed E-state index contributed by atoms with van der Waals surface area (Å²) in [5.74, 6) is 0.249. The van der Waals surface area contributed by atoms with Crippen LogP contribution in [0.5, 0.6) is 0 Å². The van der Waals surface area contributed by atoms with E-state index in [-0.39, 0.29) is 30.7 Å². The zero-order valence-corrected chi connectivity index (χ0v) is 15.1. The summed E-state index contributed by atoms with van der Waals surface area (Å²) in [5, 5.41) is 0. The Kier molecular flexibility index (Phi) is 8.17. The van der Waals surface area contributed by atoms with Crippen LogP contribution in [0, 0.1) is 0 Å². The van der Waals surface area contributed by atoms with Crippen LogP contribution in [0.25, 0.3) is 0 Å². The minimum atomic E-state index is 0. The quantitative estimate of drug-likeness (QED) is 0.844. The monoisotopic (exact) mass is 359 g/mol. The lowest BCUT2D eigenvalue weighted by Gasteiger charge is -2.32. The van der Waals surface area contributed by atoms with Gasteiger partial charge in [0.05, 0.1) is 6.42 Å². The molecule has 0 aromatic heterocycles. The molecule has 2 aliphatic heterocycles. The van der Waals surface area contributed by atoms with Crippen molar-refractivity contribution in [2.24, 2.45) is 0 Å². The third kappa shape index (κ3) is 5.27. The van der Waals surface area contributed by atoms with E-state index in [1.54, 1.807) is 0 Å². The molecule has 2 heterocycles. The second kappa shape index (κ2) is 9.36. The summed E-state index contributed by atoms with van der Waals surface area (Å²) in [7, 11) is 0. The lowest BCUT2D eigenvalue weighted by Crippen LogP contribution is -2.41. The molecule has 1 aromatic carbocycles. The fraction of sp³-hybridized carbons (Fsp3) is 0.588. The van der Waals surface area contributed by atoms with Crippen LogP contribution in [-0.4, -0.2) is 47.9 Å². The Balaban J connectivity index is 0.00000132. The van der Waals surface area contributed by atoms with E-state index >= 15 is 0 Å². The molecule has 2 aliphatic rings. The number of rotatable bonds is 3. The predicted octanol–water partition coefficient (Wildman–Crippen LogP) is 2.74. The lowest BCUT2D eigenvalue weighted by atomic mass is 10.1. The molecule has 1 amide bonds. The van der Waals surface area contributed by atoms with Crippen molar-refractivity contribution in [2.75, 3.05) is 31.9 Å². The Bertz CT molecular complexity index is 489. The summed E-state index contributed by atoms with van der Waals surface area (Å²) >= 11 is 0. The van der Waals surface area contributed by atoms with E-state index in [0.29, 0.717) is 12.5 Å². The number of halogens is 2. The standard InChI is InChI=1S/C17H25N3O.2ClH/c18-15-6-4-14(5-7-15)12-17(21)20-11-8-16(13-20)19-9-2-1-3-10-19;;/h4-7,16H,1-3,8-13,18H2;2*1H. The lowest BCUT2D eigenvalue weighted by molar-refractivity contribution is -0.129. The van der Waals surface area contributed by atoms with Gasteiger partial charge in [-0.15, -0.1) is 24.8 Å². The predicted molar refractivity (Wildman–Crippen MR) is 99.5 cm³/mol. The number of piperidine rings is 1. The van der Waals surface area contributed by atoms with Gasteiger partial charge >= 0.3 is 0 Å². The molecule has 6 heteroatoms. The van der Waals surface area contributed by atoms with Gasteiger partial charge in [0.25, 0.3) is 0 Å². The molecule has 2 saturated heterocycles. The summed E-state index contributed by atoms with van der Waals surface area (Å²) in [6.45, 7) is 4.25. The van der Waals surface area contributed by atoms with Gasteiger partial charge in [0.15, 0.2) is 0 Å². The van der Waals surface area contributed by atoms with E-state index in [4.69, 9.17) is 5.73 Å². The fourth-order valence-corrected chi connectivity index (χ4v) is 3.47. The largest absolute Gasteiger partial charge is 0.399 e. The van der Waals surface area contributed by atoms with Gasteiger partial charge in [0, 0.05) is 24.8 Å². The topological polar surface area (TPSA) is 49.6 Å². The van der Waals surface area contributed by atoms with E-state index < -0.39 is 0 Å². The van der Waals surface area contributed by atoms with Crippen molar-refractivity contribution in [2.45, 2.75) is 38.1 Å². The van der Waals surface area contributed by atoms with Crippen molar-refractivity contribution in [3.05, 3.63) is 29.8 Å². The van der Waals surface area contributed by atoms with Gasteiger partial charge in [-0.2, -0.15) is 0 Å². The van der Waals surface area contributed by atoms with Crippen LogP contribution in [-0.2, 0) is 11.2 Å². The number of benzene rings is 1. The molecule has 0 aliphatic carbocycles. The Labute approximate surface area is 151 Å². The highest BCUT2D eigenvalue weighted by Crippen LogP contribution is 2.21. The third-order valence-electron chi connectivity index (χ3n) is 4.76. The molecule has 4 nitrogen and oxygen atoms in total. The molecule has 2 fully saturated rings. The maximum atomic E-state index is 12.4. The van der Waals surface area contributed by atoms with Gasteiger partial charge in [0.2, 0.25) is 5.91 Å². The first-order chi connectivity index (χ1) is 10.2. The first-order valence-electron chi connectivity index (χ1n) is 8.08. The number of hydrogen-bond acceptors (Lipinski definition) is 3. The highest BCUT2D eigenvalue weighted by molar-refractivity contribution is 5.85. The second-order valence-electron chi connectivity index (χ2n) is 6.30. The van der Waals surface area contributed by atoms with Crippen LogP contribution in [0.4, 0.5) is 5.69 Å². The molecule has 1 atom stereocenters. The number of carbonyl (C=O) groups excluding carboxylic acids is 1. The molecule has 3 rings (SSSR count). The molecular weight excluding hydrogens is 333 g/mol. The third-order valence-corrected chi connectivity index (χ3v) is 4.76. The first kappa shape index (κ1) is 20.1. The molecule has 0 spiro atoms. The van der Waals surface area contributed by atoms with E-state index in [1.165, 1.54) is 32.4 Å². The van der Waals surface area contributed by atoms with E-state index in [0.717, 1.165) is 30.8 Å². The molecule has 1 unspecified atom stereocenters. The fourth-order valence-electron chi connectivity index (χ4n) is 3.47. The van der Waals surface area contributed by atoms with Crippen molar-refractivity contribution >= 4 is 36.4 Å². The van der Waals surface area contributed by atoms with E-state index in [1.807, 2.05) is 29.2 Å². The van der Waals surface area contributed by atoms with E-state index in [9.17, 15) is 4.79 Å². The van der Waals surface area contributed by atoms with Crippen molar-refractivity contribution in [3.63, 3.8) is 0 Å². The molecule has 130 valence electrons. The minimum absolute atomic E-state index is 0. The Hall–Kier alpha value is -0.970.